The van der Waals surface area contributed by atoms with Gasteiger partial charge in [0.05, 0.1) is 12.2 Å². The Hall–Kier alpha value is -1.51. The zero-order chi connectivity index (χ0) is 35.8. The van der Waals surface area contributed by atoms with Gasteiger partial charge in [0.15, 0.2) is 0 Å². The van der Waals surface area contributed by atoms with Crippen LogP contribution in [0.2, 0.25) is 0 Å². The molecule has 286 valence electrons. The van der Waals surface area contributed by atoms with E-state index in [0.29, 0.717) is 5.56 Å². The summed E-state index contributed by atoms with van der Waals surface area (Å²) in [5.74, 6) is -0.648. The first-order valence-electron chi connectivity index (χ1n) is 20.5. The van der Waals surface area contributed by atoms with E-state index in [4.69, 9.17) is 9.84 Å². The molecule has 7 nitrogen and oxygen atoms in total. The van der Waals surface area contributed by atoms with Gasteiger partial charge in [-0.15, -0.1) is 0 Å². The molecule has 0 saturated heterocycles. The number of aryl methyl sites for hydroxylation is 1. The Balaban J connectivity index is 1.86. The van der Waals surface area contributed by atoms with E-state index in [0.717, 1.165) is 18.4 Å². The Morgan fingerprint density at radius 3 is 1.18 bits per heavy atom. The monoisotopic (exact) mass is 693 g/mol. The highest BCUT2D eigenvalue weighted by Crippen LogP contribution is 2.17. The summed E-state index contributed by atoms with van der Waals surface area (Å²) in [7, 11) is 0. The zero-order valence-electron chi connectivity index (χ0n) is 31.4. The third-order valence-corrected chi connectivity index (χ3v) is 9.97. The van der Waals surface area contributed by atoms with Crippen LogP contribution in [0, 0.1) is 0 Å². The van der Waals surface area contributed by atoms with Gasteiger partial charge in [0, 0.05) is 0 Å². The summed E-state index contributed by atoms with van der Waals surface area (Å²) < 4.78 is 5.03. The molecule has 0 aromatic heterocycles. The SMILES string of the molecule is CCCCCCCCCCCCCCCCCCCCCCCCCCCCCc1ccc(C(=O)OC[C@@H](O)[C@@H](O)[C@H](O)[C@@H](O)CO)cc1. The maximum absolute atomic E-state index is 12.3. The number of rotatable bonds is 35. The highest BCUT2D eigenvalue weighted by Gasteiger charge is 2.30. The van der Waals surface area contributed by atoms with Crippen molar-refractivity contribution in [1.29, 1.82) is 0 Å². The predicted octanol–water partition coefficient (Wildman–Crippen LogP) is 9.37. The van der Waals surface area contributed by atoms with E-state index in [2.05, 4.69) is 6.92 Å². The smallest absolute Gasteiger partial charge is 0.338 e. The average Bonchev–Trinajstić information content (AvgIpc) is 3.12. The summed E-state index contributed by atoms with van der Waals surface area (Å²) in [6.45, 7) is 0.979. The summed E-state index contributed by atoms with van der Waals surface area (Å²) in [4.78, 5) is 12.3. The highest BCUT2D eigenvalue weighted by atomic mass is 16.5. The predicted molar refractivity (Wildman–Crippen MR) is 202 cm³/mol. The number of ether oxygens (including phenoxy) is 1. The fraction of sp³-hybridized carbons (Fsp3) is 0.833. The third-order valence-electron chi connectivity index (χ3n) is 9.97. The van der Waals surface area contributed by atoms with Crippen molar-refractivity contribution in [2.24, 2.45) is 0 Å². The number of unbranched alkanes of at least 4 members (excludes halogenated alkanes) is 26. The lowest BCUT2D eigenvalue weighted by Gasteiger charge is -2.25. The van der Waals surface area contributed by atoms with Crippen molar-refractivity contribution in [3.05, 3.63) is 35.4 Å². The molecule has 1 rings (SSSR count). The molecule has 7 heteroatoms. The van der Waals surface area contributed by atoms with Gasteiger partial charge >= 0.3 is 5.97 Å². The summed E-state index contributed by atoms with van der Waals surface area (Å²) in [5, 5.41) is 47.6. The van der Waals surface area contributed by atoms with E-state index in [1.165, 1.54) is 167 Å². The molecule has 0 amide bonds. The number of carbonyl (C=O) groups excluding carboxylic acids is 1. The van der Waals surface area contributed by atoms with Gasteiger partial charge < -0.3 is 30.3 Å². The fourth-order valence-electron chi connectivity index (χ4n) is 6.54. The third kappa shape index (κ3) is 25.1. The molecule has 0 heterocycles. The number of aliphatic hydroxyl groups is 5. The van der Waals surface area contributed by atoms with Crippen LogP contribution >= 0.6 is 0 Å². The molecule has 0 unspecified atom stereocenters. The minimum Gasteiger partial charge on any atom is -0.459 e. The topological polar surface area (TPSA) is 127 Å². The lowest BCUT2D eigenvalue weighted by atomic mass is 10.0. The first kappa shape index (κ1) is 45.5. The van der Waals surface area contributed by atoms with Gasteiger partial charge in [-0.2, -0.15) is 0 Å². The molecule has 1 aromatic rings. The number of aliphatic hydroxyl groups excluding tert-OH is 5. The van der Waals surface area contributed by atoms with E-state index in [-0.39, 0.29) is 0 Å². The Labute approximate surface area is 300 Å². The van der Waals surface area contributed by atoms with Crippen molar-refractivity contribution >= 4 is 5.97 Å². The number of esters is 1. The van der Waals surface area contributed by atoms with Crippen LogP contribution in [0.1, 0.15) is 196 Å². The molecule has 0 aliphatic heterocycles. The van der Waals surface area contributed by atoms with E-state index in [1.54, 1.807) is 12.1 Å². The van der Waals surface area contributed by atoms with Crippen LogP contribution in [0.3, 0.4) is 0 Å². The second kappa shape index (κ2) is 32.4. The summed E-state index contributed by atoms with van der Waals surface area (Å²) in [6, 6.07) is 7.19. The van der Waals surface area contributed by atoms with E-state index in [1.807, 2.05) is 12.1 Å². The van der Waals surface area contributed by atoms with Gasteiger partial charge in [-0.05, 0) is 30.5 Å². The molecule has 0 aliphatic rings. The second-order valence-electron chi connectivity index (χ2n) is 14.5. The Morgan fingerprint density at radius 2 is 0.837 bits per heavy atom. The number of hydrogen-bond acceptors (Lipinski definition) is 7. The van der Waals surface area contributed by atoms with Gasteiger partial charge in [0.25, 0.3) is 0 Å². The van der Waals surface area contributed by atoms with E-state index < -0.39 is 43.6 Å². The van der Waals surface area contributed by atoms with E-state index in [9.17, 15) is 25.2 Å². The van der Waals surface area contributed by atoms with Gasteiger partial charge in [-0.25, -0.2) is 4.79 Å². The maximum atomic E-state index is 12.3. The van der Waals surface area contributed by atoms with Crippen molar-refractivity contribution < 1.29 is 35.1 Å². The van der Waals surface area contributed by atoms with Gasteiger partial charge in [0.1, 0.15) is 31.0 Å². The molecular weight excluding hydrogens is 616 g/mol. The van der Waals surface area contributed by atoms with Crippen LogP contribution in [-0.2, 0) is 11.2 Å². The number of hydrogen-bond donors (Lipinski definition) is 5. The molecule has 1 aromatic carbocycles. The lowest BCUT2D eigenvalue weighted by molar-refractivity contribution is -0.124. The molecule has 0 fully saturated rings. The van der Waals surface area contributed by atoms with Gasteiger partial charge in [-0.3, -0.25) is 0 Å². The molecule has 0 saturated carbocycles. The van der Waals surface area contributed by atoms with Crippen LogP contribution in [-0.4, -0.2) is 69.1 Å². The van der Waals surface area contributed by atoms with Crippen LogP contribution < -0.4 is 0 Å². The molecular formula is C42H76O7. The Kier molecular flexibility index (Phi) is 30.1. The van der Waals surface area contributed by atoms with Crippen LogP contribution in [0.25, 0.3) is 0 Å². The quantitative estimate of drug-likeness (QED) is 0.0354. The lowest BCUT2D eigenvalue weighted by Crippen LogP contribution is -2.47. The summed E-state index contributed by atoms with van der Waals surface area (Å²) >= 11 is 0. The summed E-state index contributed by atoms with van der Waals surface area (Å²) in [5.41, 5.74) is 1.49. The van der Waals surface area contributed by atoms with Crippen LogP contribution in [0.4, 0.5) is 0 Å². The van der Waals surface area contributed by atoms with Crippen molar-refractivity contribution in [2.45, 2.75) is 211 Å². The largest absolute Gasteiger partial charge is 0.459 e. The normalized spacial score (nSPS) is 14.1. The molecule has 0 aliphatic carbocycles. The molecule has 49 heavy (non-hydrogen) atoms. The van der Waals surface area contributed by atoms with Crippen LogP contribution in [0.15, 0.2) is 24.3 Å². The van der Waals surface area contributed by atoms with Gasteiger partial charge in [-0.1, -0.05) is 186 Å². The first-order valence-corrected chi connectivity index (χ1v) is 20.5. The minimum absolute atomic E-state index is 0.335. The maximum Gasteiger partial charge on any atom is 0.338 e. The van der Waals surface area contributed by atoms with Crippen molar-refractivity contribution in [2.75, 3.05) is 13.2 Å². The van der Waals surface area contributed by atoms with Crippen molar-refractivity contribution in [3.63, 3.8) is 0 Å². The molecule has 0 spiro atoms. The van der Waals surface area contributed by atoms with Crippen molar-refractivity contribution in [3.8, 4) is 0 Å². The minimum atomic E-state index is -1.76. The number of carbonyl (C=O) groups is 1. The summed E-state index contributed by atoms with van der Waals surface area (Å²) in [6.07, 6.45) is 31.9. The standard InChI is InChI=1S/C42H76O7/c1-2-3-4-5-6-7-8-9-10-11-12-13-14-15-16-17-18-19-20-21-22-23-24-25-26-27-28-29-36-30-32-37(33-31-36)42(48)49-35-39(45)41(47)40(46)38(44)34-43/h30-33,38-41,43-47H,2-29,34-35H2,1H3/t38-,39+,40+,41+/m0/s1. The molecule has 4 atom stereocenters. The van der Waals surface area contributed by atoms with Gasteiger partial charge in [0.2, 0.25) is 0 Å². The van der Waals surface area contributed by atoms with Crippen molar-refractivity contribution in [1.82, 2.24) is 0 Å². The van der Waals surface area contributed by atoms with Crippen LogP contribution in [0.5, 0.6) is 0 Å². The Bertz CT molecular complexity index is 861. The molecule has 5 N–H and O–H groups in total. The zero-order valence-corrected chi connectivity index (χ0v) is 31.4. The average molecular weight is 693 g/mol. The highest BCUT2D eigenvalue weighted by molar-refractivity contribution is 5.89. The number of benzene rings is 1. The molecule has 0 radical (unpaired) electrons. The Morgan fingerprint density at radius 1 is 0.510 bits per heavy atom. The second-order valence-corrected chi connectivity index (χ2v) is 14.5. The molecule has 0 bridgehead atoms. The fourth-order valence-corrected chi connectivity index (χ4v) is 6.54. The van der Waals surface area contributed by atoms with E-state index >= 15 is 0 Å². The first-order chi connectivity index (χ1) is 23.9.